The van der Waals surface area contributed by atoms with Gasteiger partial charge in [0.1, 0.15) is 12.3 Å². The number of methoxy groups -OCH3 is 1. The highest BCUT2D eigenvalue weighted by Crippen LogP contribution is 2.17. The van der Waals surface area contributed by atoms with Crippen LogP contribution in [-0.4, -0.2) is 81.6 Å². The molecule has 2 rings (SSSR count). The second-order valence-corrected chi connectivity index (χ2v) is 7.25. The Hall–Kier alpha value is -1.55. The van der Waals surface area contributed by atoms with Crippen LogP contribution in [0.1, 0.15) is 25.3 Å². The second-order valence-electron chi connectivity index (χ2n) is 7.25. The van der Waals surface area contributed by atoms with Crippen LogP contribution >= 0.6 is 24.0 Å². The Bertz CT molecular complexity index is 654. The molecule has 0 saturated carbocycles. The summed E-state index contributed by atoms with van der Waals surface area (Å²) in [6, 6.07) is 8.55. The molecule has 1 heterocycles. The van der Waals surface area contributed by atoms with Gasteiger partial charge in [-0.3, -0.25) is 9.69 Å². The van der Waals surface area contributed by atoms with Crippen molar-refractivity contribution in [1.82, 2.24) is 20.4 Å². The van der Waals surface area contributed by atoms with Crippen LogP contribution in [0.25, 0.3) is 0 Å². The van der Waals surface area contributed by atoms with Crippen molar-refractivity contribution in [3.63, 3.8) is 0 Å². The molecule has 7 nitrogen and oxygen atoms in total. The first-order valence-corrected chi connectivity index (χ1v) is 10.1. The van der Waals surface area contributed by atoms with Gasteiger partial charge in [-0.2, -0.15) is 0 Å². The predicted octanol–water partition coefficient (Wildman–Crippen LogP) is 1.96. The normalized spacial score (nSPS) is 16.8. The van der Waals surface area contributed by atoms with E-state index in [1.807, 2.05) is 18.2 Å². The van der Waals surface area contributed by atoms with Crippen molar-refractivity contribution in [3.05, 3.63) is 29.8 Å². The summed E-state index contributed by atoms with van der Waals surface area (Å²) in [5.74, 6) is 1.57. The highest BCUT2D eigenvalue weighted by molar-refractivity contribution is 14.0. The van der Waals surface area contributed by atoms with Gasteiger partial charge in [-0.1, -0.05) is 25.1 Å². The zero-order valence-corrected chi connectivity index (χ0v) is 20.4. The molecule has 8 heteroatoms. The van der Waals surface area contributed by atoms with E-state index < -0.39 is 0 Å². The van der Waals surface area contributed by atoms with Crippen molar-refractivity contribution in [3.8, 4) is 5.75 Å². The Morgan fingerprint density at radius 2 is 2.07 bits per heavy atom. The highest BCUT2D eigenvalue weighted by atomic mass is 127. The number of rotatable bonds is 9. The molecule has 0 bridgehead atoms. The van der Waals surface area contributed by atoms with Gasteiger partial charge in [0.05, 0.1) is 7.11 Å². The number of carbonyl (C=O) groups excluding carboxylic acids is 1. The van der Waals surface area contributed by atoms with E-state index in [9.17, 15) is 4.79 Å². The lowest BCUT2D eigenvalue weighted by Crippen LogP contribution is -2.45. The molecule has 0 spiro atoms. The van der Waals surface area contributed by atoms with Gasteiger partial charge in [0.25, 0.3) is 0 Å². The molecule has 29 heavy (non-hydrogen) atoms. The Morgan fingerprint density at radius 1 is 1.31 bits per heavy atom. The maximum absolute atomic E-state index is 11.9. The molecule has 1 atom stereocenters. The molecule has 0 aromatic heterocycles. The number of amides is 1. The maximum Gasteiger partial charge on any atom is 0.243 e. The smallest absolute Gasteiger partial charge is 0.243 e. The molecule has 0 radical (unpaired) electrons. The molecule has 2 N–H and O–H groups in total. The number of hydrogen-bond acceptors (Lipinski definition) is 4. The first-order chi connectivity index (χ1) is 13.5. The van der Waals surface area contributed by atoms with Gasteiger partial charge in [0, 0.05) is 33.2 Å². The number of likely N-dealkylation sites (tertiary alicyclic amines) is 1. The van der Waals surface area contributed by atoms with Gasteiger partial charge >= 0.3 is 0 Å². The van der Waals surface area contributed by atoms with E-state index in [0.29, 0.717) is 18.5 Å². The first-order valence-electron chi connectivity index (χ1n) is 10.1. The van der Waals surface area contributed by atoms with Crippen molar-refractivity contribution in [2.24, 2.45) is 4.99 Å². The van der Waals surface area contributed by atoms with E-state index in [0.717, 1.165) is 37.4 Å². The lowest BCUT2D eigenvalue weighted by atomic mass is 10.1. The lowest BCUT2D eigenvalue weighted by molar-refractivity contribution is -0.127. The van der Waals surface area contributed by atoms with Crippen molar-refractivity contribution < 1.29 is 9.53 Å². The number of aliphatic imine (C=N–C) groups is 1. The Balaban J connectivity index is 0.00000420. The first kappa shape index (κ1) is 25.5. The van der Waals surface area contributed by atoms with E-state index >= 15 is 0 Å². The average molecular weight is 517 g/mol. The third kappa shape index (κ3) is 8.38. The van der Waals surface area contributed by atoms with Crippen molar-refractivity contribution in [2.45, 2.75) is 32.2 Å². The third-order valence-electron chi connectivity index (χ3n) is 5.16. The molecule has 164 valence electrons. The van der Waals surface area contributed by atoms with Crippen LogP contribution in [0.5, 0.6) is 5.75 Å². The number of halogens is 1. The number of carbonyl (C=O) groups is 1. The van der Waals surface area contributed by atoms with Gasteiger partial charge in [0.2, 0.25) is 5.91 Å². The molecule has 1 saturated heterocycles. The Labute approximate surface area is 192 Å². The van der Waals surface area contributed by atoms with Crippen LogP contribution in [0.4, 0.5) is 0 Å². The number of nitrogens with one attached hydrogen (secondary N) is 2. The standard InChI is InChI=1S/C21H35N5O2.HI/c1-5-26-14-8-10-18(26)15-23-21(24-16-20(27)25(2)3)22-13-12-17-9-6-7-11-19(17)28-4;/h6-7,9,11,18H,5,8,10,12-16H2,1-4H3,(H2,22,23,24);1H. The molecule has 1 fully saturated rings. The summed E-state index contributed by atoms with van der Waals surface area (Å²) in [6.45, 7) is 6.12. The maximum atomic E-state index is 11.9. The Kier molecular flexibility index (Phi) is 12.0. The van der Waals surface area contributed by atoms with Crippen molar-refractivity contribution in [1.29, 1.82) is 0 Å². The van der Waals surface area contributed by atoms with Crippen LogP contribution in [0.2, 0.25) is 0 Å². The summed E-state index contributed by atoms with van der Waals surface area (Å²) in [5.41, 5.74) is 1.15. The third-order valence-corrected chi connectivity index (χ3v) is 5.16. The van der Waals surface area contributed by atoms with Crippen LogP contribution < -0.4 is 15.4 Å². The fourth-order valence-electron chi connectivity index (χ4n) is 3.44. The summed E-state index contributed by atoms with van der Waals surface area (Å²) in [5, 5.41) is 6.80. The summed E-state index contributed by atoms with van der Waals surface area (Å²) in [4.78, 5) is 20.5. The molecule has 1 aliphatic heterocycles. The number of nitrogens with zero attached hydrogens (tertiary/aromatic N) is 3. The van der Waals surface area contributed by atoms with E-state index in [1.54, 1.807) is 26.1 Å². The predicted molar refractivity (Wildman–Crippen MR) is 129 cm³/mol. The highest BCUT2D eigenvalue weighted by Gasteiger charge is 2.22. The number of ether oxygens (including phenoxy) is 1. The van der Waals surface area contributed by atoms with Gasteiger partial charge < -0.3 is 20.3 Å². The molecule has 1 aliphatic rings. The van der Waals surface area contributed by atoms with Crippen LogP contribution in [0.3, 0.4) is 0 Å². The number of hydrogen-bond donors (Lipinski definition) is 2. The van der Waals surface area contributed by atoms with Crippen LogP contribution in [0, 0.1) is 0 Å². The van der Waals surface area contributed by atoms with Gasteiger partial charge in [-0.15, -0.1) is 24.0 Å². The fraction of sp³-hybridized carbons (Fsp3) is 0.619. The van der Waals surface area contributed by atoms with Crippen molar-refractivity contribution in [2.75, 3.05) is 53.9 Å². The average Bonchev–Trinajstić information content (AvgIpc) is 3.17. The molecule has 1 aromatic carbocycles. The summed E-state index contributed by atoms with van der Waals surface area (Å²) in [7, 11) is 5.18. The zero-order valence-electron chi connectivity index (χ0n) is 18.1. The molecular weight excluding hydrogens is 481 g/mol. The number of para-hydroxylation sites is 1. The molecule has 1 aromatic rings. The summed E-state index contributed by atoms with van der Waals surface area (Å²) in [6.07, 6.45) is 3.26. The quantitative estimate of drug-likeness (QED) is 0.298. The van der Waals surface area contributed by atoms with Crippen LogP contribution in [-0.2, 0) is 11.2 Å². The van der Waals surface area contributed by atoms with Crippen molar-refractivity contribution >= 4 is 35.8 Å². The van der Waals surface area contributed by atoms with Gasteiger partial charge in [-0.25, -0.2) is 4.99 Å². The van der Waals surface area contributed by atoms with E-state index in [2.05, 4.69) is 33.5 Å². The molecular formula is C21H36IN5O2. The van der Waals surface area contributed by atoms with Gasteiger partial charge in [-0.05, 0) is 44.0 Å². The van der Waals surface area contributed by atoms with E-state index in [-0.39, 0.29) is 36.4 Å². The molecule has 0 aliphatic carbocycles. The monoisotopic (exact) mass is 517 g/mol. The lowest BCUT2D eigenvalue weighted by Gasteiger charge is -2.24. The Morgan fingerprint density at radius 3 is 2.76 bits per heavy atom. The van der Waals surface area contributed by atoms with E-state index in [4.69, 9.17) is 4.74 Å². The van der Waals surface area contributed by atoms with Gasteiger partial charge in [0.15, 0.2) is 5.96 Å². The molecule has 1 unspecified atom stereocenters. The second kappa shape index (κ2) is 13.6. The minimum Gasteiger partial charge on any atom is -0.496 e. The number of guanidine groups is 1. The summed E-state index contributed by atoms with van der Waals surface area (Å²) >= 11 is 0. The fourth-order valence-corrected chi connectivity index (χ4v) is 3.44. The van der Waals surface area contributed by atoms with E-state index in [1.165, 1.54) is 12.8 Å². The number of likely N-dealkylation sites (N-methyl/N-ethyl adjacent to an activating group) is 2. The zero-order chi connectivity index (χ0) is 20.4. The SMILES string of the molecule is CCN1CCCC1CNC(=NCC(=O)N(C)C)NCCc1ccccc1OC.I. The van der Waals surface area contributed by atoms with Crippen LogP contribution in [0.15, 0.2) is 29.3 Å². The largest absolute Gasteiger partial charge is 0.496 e. The molecule has 1 amide bonds. The topological polar surface area (TPSA) is 69.2 Å². The minimum absolute atomic E-state index is 0. The summed E-state index contributed by atoms with van der Waals surface area (Å²) < 4.78 is 5.42. The number of benzene rings is 1. The minimum atomic E-state index is -0.0121.